The summed E-state index contributed by atoms with van der Waals surface area (Å²) < 4.78 is -1.64. The van der Waals surface area contributed by atoms with E-state index in [2.05, 4.69) is 4.99 Å². The predicted octanol–water partition coefficient (Wildman–Crippen LogP) is -2.10. The van der Waals surface area contributed by atoms with Crippen molar-refractivity contribution >= 4 is 52.2 Å². The van der Waals surface area contributed by atoms with E-state index in [-0.39, 0.29) is 18.2 Å². The summed E-state index contributed by atoms with van der Waals surface area (Å²) in [5.74, 6) is -0.0226. The molecule has 72 valence electrons. The average Bonchev–Trinajstić information content (AvgIpc) is 1.85. The molecule has 2 nitrogen and oxygen atoms in total. The number of nitrogens with one attached hydrogen (secondary N) is 1. The number of hydrogen-bond donors (Lipinski definition) is 2. The first-order valence-electron chi connectivity index (χ1n) is 2.66. The molecule has 0 aromatic rings. The number of amidine groups is 1. The van der Waals surface area contributed by atoms with Gasteiger partial charge in [0.1, 0.15) is 0 Å². The maximum Gasteiger partial charge on any atom is 0.299 e. The zero-order chi connectivity index (χ0) is 9.07. The van der Waals surface area contributed by atoms with Crippen LogP contribution in [0.2, 0.25) is 0 Å². The SMILES string of the molecule is C/C=C(Cl)/[NH+]=C(/N)C(Cl)(Cl)Cl.[Cl-]. The molecule has 0 fully saturated rings. The molecule has 0 heterocycles. The van der Waals surface area contributed by atoms with Gasteiger partial charge in [-0.3, -0.25) is 5.73 Å². The minimum absolute atomic E-state index is 0. The molecule has 7 heteroatoms. The molecule has 0 radical (unpaired) electrons. The van der Waals surface area contributed by atoms with Crippen LogP contribution in [0.3, 0.4) is 0 Å². The van der Waals surface area contributed by atoms with Gasteiger partial charge in [-0.15, -0.1) is 0 Å². The van der Waals surface area contributed by atoms with Crippen molar-refractivity contribution < 1.29 is 17.4 Å². The Balaban J connectivity index is 0. The van der Waals surface area contributed by atoms with Gasteiger partial charge in [0.05, 0.1) is 0 Å². The van der Waals surface area contributed by atoms with Gasteiger partial charge in [-0.05, 0) is 24.6 Å². The molecular formula is C5H7Cl5N2. The summed E-state index contributed by atoms with van der Waals surface area (Å²) in [6.07, 6.45) is 1.59. The van der Waals surface area contributed by atoms with Gasteiger partial charge in [0.25, 0.3) is 9.63 Å². The molecule has 0 aliphatic carbocycles. The fourth-order valence-corrected chi connectivity index (χ4v) is 0.515. The monoisotopic (exact) mass is 270 g/mol. The largest absolute Gasteiger partial charge is 1.00 e. The van der Waals surface area contributed by atoms with Crippen molar-refractivity contribution in [2.45, 2.75) is 10.7 Å². The Bertz CT molecular complexity index is 193. The van der Waals surface area contributed by atoms with Crippen LogP contribution >= 0.6 is 46.4 Å². The van der Waals surface area contributed by atoms with Crippen molar-refractivity contribution in [3.8, 4) is 0 Å². The summed E-state index contributed by atoms with van der Waals surface area (Å²) in [7, 11) is 0. The van der Waals surface area contributed by atoms with Crippen molar-refractivity contribution in [1.82, 2.24) is 0 Å². The third kappa shape index (κ3) is 6.21. The van der Waals surface area contributed by atoms with Crippen LogP contribution in [-0.4, -0.2) is 9.63 Å². The van der Waals surface area contributed by atoms with Crippen LogP contribution in [0.1, 0.15) is 6.92 Å². The molecule has 0 atom stereocenters. The van der Waals surface area contributed by atoms with Gasteiger partial charge < -0.3 is 12.4 Å². The second-order valence-corrected chi connectivity index (χ2v) is 4.36. The number of nitrogens with two attached hydrogens (primary N) is 1. The van der Waals surface area contributed by atoms with Crippen LogP contribution in [-0.2, 0) is 0 Å². The molecule has 0 amide bonds. The third-order valence-corrected chi connectivity index (χ3v) is 1.74. The molecule has 0 aliphatic rings. The van der Waals surface area contributed by atoms with Crippen LogP contribution < -0.4 is 23.1 Å². The molecule has 3 N–H and O–H groups in total. The lowest BCUT2D eigenvalue weighted by Crippen LogP contribution is -3.00. The molecule has 0 spiro atoms. The molecule has 0 aliphatic heterocycles. The lowest BCUT2D eigenvalue weighted by atomic mass is 10.6. The Hall–Kier alpha value is 0.660. The van der Waals surface area contributed by atoms with E-state index in [1.165, 1.54) is 0 Å². The molecule has 0 aromatic heterocycles. The summed E-state index contributed by atoms with van der Waals surface area (Å²) in [6, 6.07) is 0. The van der Waals surface area contributed by atoms with Crippen LogP contribution in [0.15, 0.2) is 11.2 Å². The minimum atomic E-state index is -1.64. The van der Waals surface area contributed by atoms with Crippen molar-refractivity contribution in [3.63, 3.8) is 0 Å². The summed E-state index contributed by atoms with van der Waals surface area (Å²) in [6.45, 7) is 1.72. The fourth-order valence-electron chi connectivity index (χ4n) is 0.272. The first-order chi connectivity index (χ1) is 4.88. The average molecular weight is 272 g/mol. The Morgan fingerprint density at radius 3 is 2.08 bits per heavy atom. The second-order valence-electron chi connectivity index (χ2n) is 1.67. The highest BCUT2D eigenvalue weighted by molar-refractivity contribution is 6.76. The van der Waals surface area contributed by atoms with E-state index >= 15 is 0 Å². The van der Waals surface area contributed by atoms with E-state index in [1.54, 1.807) is 13.0 Å². The second kappa shape index (κ2) is 6.17. The number of allylic oxidation sites excluding steroid dienone is 1. The molecule has 0 saturated heterocycles. The minimum Gasteiger partial charge on any atom is -1.00 e. The van der Waals surface area contributed by atoms with E-state index in [1.807, 2.05) is 0 Å². The topological polar surface area (TPSA) is 40.0 Å². The maximum absolute atomic E-state index is 5.54. The molecule has 0 saturated carbocycles. The highest BCUT2D eigenvalue weighted by Gasteiger charge is 2.30. The summed E-state index contributed by atoms with van der Waals surface area (Å²) >= 11 is 21.8. The van der Waals surface area contributed by atoms with E-state index < -0.39 is 3.79 Å². The Morgan fingerprint density at radius 1 is 1.42 bits per heavy atom. The highest BCUT2D eigenvalue weighted by Crippen LogP contribution is 2.23. The van der Waals surface area contributed by atoms with Crippen molar-refractivity contribution in [2.24, 2.45) is 5.73 Å². The van der Waals surface area contributed by atoms with Gasteiger partial charge in [-0.25, -0.2) is 4.99 Å². The van der Waals surface area contributed by atoms with Gasteiger partial charge in [0.15, 0.2) is 5.16 Å². The standard InChI is InChI=1S/C5H6Cl4N2.ClH/c1-2-3(6)11-4(10)5(7,8)9;/h2H,1H3,(H2,10,11);1H/b3-2+;. The smallest absolute Gasteiger partial charge is 0.299 e. The van der Waals surface area contributed by atoms with Crippen LogP contribution in [0.4, 0.5) is 0 Å². The Kier molecular flexibility index (Phi) is 7.78. The Labute approximate surface area is 97.1 Å². The lowest BCUT2D eigenvalue weighted by Gasteiger charge is -2.02. The predicted molar refractivity (Wildman–Crippen MR) is 50.1 cm³/mol. The zero-order valence-electron chi connectivity index (χ0n) is 6.04. The summed E-state index contributed by atoms with van der Waals surface area (Å²) in [4.78, 5) is 2.49. The van der Waals surface area contributed by atoms with Gasteiger partial charge in [0, 0.05) is 0 Å². The van der Waals surface area contributed by atoms with Crippen LogP contribution in [0, 0.1) is 0 Å². The summed E-state index contributed by atoms with van der Waals surface area (Å²) in [5, 5.41) is 0.314. The first kappa shape index (κ1) is 15.1. The van der Waals surface area contributed by atoms with E-state index in [4.69, 9.17) is 52.1 Å². The van der Waals surface area contributed by atoms with Gasteiger partial charge >= 0.3 is 0 Å². The number of hydrogen-bond acceptors (Lipinski definition) is 0. The fraction of sp³-hybridized carbons (Fsp3) is 0.400. The third-order valence-electron chi connectivity index (χ3n) is 0.813. The summed E-state index contributed by atoms with van der Waals surface area (Å²) in [5.41, 5.74) is 5.31. The molecule has 12 heavy (non-hydrogen) atoms. The highest BCUT2D eigenvalue weighted by atomic mass is 35.6. The van der Waals surface area contributed by atoms with Crippen molar-refractivity contribution in [3.05, 3.63) is 11.2 Å². The Morgan fingerprint density at radius 2 is 1.83 bits per heavy atom. The molecule has 0 rings (SSSR count). The van der Waals surface area contributed by atoms with Gasteiger partial charge in [-0.1, -0.05) is 34.8 Å². The van der Waals surface area contributed by atoms with Gasteiger partial charge in [0.2, 0.25) is 0 Å². The van der Waals surface area contributed by atoms with Crippen LogP contribution in [0.25, 0.3) is 0 Å². The molecule has 0 aromatic carbocycles. The maximum atomic E-state index is 5.54. The molecule has 0 bridgehead atoms. The van der Waals surface area contributed by atoms with Crippen LogP contribution in [0.5, 0.6) is 0 Å². The number of rotatable bonds is 1. The quantitative estimate of drug-likeness (QED) is 0.244. The van der Waals surface area contributed by atoms with E-state index in [0.29, 0.717) is 5.16 Å². The number of alkyl halides is 3. The first-order valence-corrected chi connectivity index (χ1v) is 4.17. The molecular weight excluding hydrogens is 265 g/mol. The van der Waals surface area contributed by atoms with E-state index in [0.717, 1.165) is 0 Å². The zero-order valence-corrected chi connectivity index (χ0v) is 9.82. The molecule has 0 unspecified atom stereocenters. The normalized spacial score (nSPS) is 14.1. The number of halogens is 5. The lowest BCUT2D eigenvalue weighted by molar-refractivity contribution is -0.385. The van der Waals surface area contributed by atoms with E-state index in [9.17, 15) is 0 Å². The van der Waals surface area contributed by atoms with Gasteiger partial charge in [-0.2, -0.15) is 0 Å². The van der Waals surface area contributed by atoms with Crippen molar-refractivity contribution in [1.29, 1.82) is 0 Å². The van der Waals surface area contributed by atoms with Crippen molar-refractivity contribution in [2.75, 3.05) is 0 Å².